The summed E-state index contributed by atoms with van der Waals surface area (Å²) in [7, 11) is 0. The van der Waals surface area contributed by atoms with Crippen molar-refractivity contribution < 1.29 is 9.53 Å². The average Bonchev–Trinajstić information content (AvgIpc) is 2.37. The molecule has 0 bridgehead atoms. The van der Waals surface area contributed by atoms with Crippen molar-refractivity contribution in [2.45, 2.75) is 40.0 Å². The lowest BCUT2D eigenvalue weighted by molar-refractivity contribution is 0.0731. The third-order valence-electron chi connectivity index (χ3n) is 3.45. The highest BCUT2D eigenvalue weighted by Gasteiger charge is 2.25. The number of rotatable bonds is 2. The summed E-state index contributed by atoms with van der Waals surface area (Å²) < 4.78 is 5.52. The topological polar surface area (TPSA) is 26.3 Å². The number of hydrogen-bond donors (Lipinski definition) is 0. The summed E-state index contributed by atoms with van der Waals surface area (Å²) in [5.74, 6) is 0.283. The fourth-order valence-corrected chi connectivity index (χ4v) is 2.48. The molecule has 0 fully saturated rings. The van der Waals surface area contributed by atoms with Crippen LogP contribution in [-0.4, -0.2) is 5.97 Å². The fraction of sp³-hybridized carbons (Fsp3) is 0.316. The van der Waals surface area contributed by atoms with Gasteiger partial charge in [0.25, 0.3) is 0 Å². The Morgan fingerprint density at radius 3 is 2.19 bits per heavy atom. The normalized spacial score (nSPS) is 11.3. The highest BCUT2D eigenvalue weighted by molar-refractivity contribution is 5.94. The van der Waals surface area contributed by atoms with Crippen molar-refractivity contribution in [3.8, 4) is 5.75 Å². The van der Waals surface area contributed by atoms with Gasteiger partial charge in [-0.15, -0.1) is 0 Å². The van der Waals surface area contributed by atoms with E-state index in [0.717, 1.165) is 16.7 Å². The third-order valence-corrected chi connectivity index (χ3v) is 3.45. The van der Waals surface area contributed by atoms with Crippen molar-refractivity contribution in [3.05, 3.63) is 64.7 Å². The lowest BCUT2D eigenvalue weighted by Crippen LogP contribution is -2.21. The lowest BCUT2D eigenvalue weighted by atomic mass is 9.81. The molecule has 0 saturated heterocycles. The Morgan fingerprint density at radius 2 is 1.62 bits per heavy atom. The summed E-state index contributed by atoms with van der Waals surface area (Å²) in [5.41, 5.74) is 3.72. The number of hydrogen-bond acceptors (Lipinski definition) is 2. The van der Waals surface area contributed by atoms with Crippen molar-refractivity contribution >= 4 is 5.97 Å². The highest BCUT2D eigenvalue weighted by Crippen LogP contribution is 2.30. The van der Waals surface area contributed by atoms with E-state index in [1.54, 1.807) is 12.1 Å². The molecular weight excluding hydrogens is 260 g/mol. The summed E-state index contributed by atoms with van der Waals surface area (Å²) >= 11 is 0. The van der Waals surface area contributed by atoms with Gasteiger partial charge < -0.3 is 4.74 Å². The summed E-state index contributed by atoms with van der Waals surface area (Å²) in [6.45, 7) is 10.3. The molecule has 0 radical (unpaired) electrons. The van der Waals surface area contributed by atoms with E-state index in [4.69, 9.17) is 4.74 Å². The van der Waals surface area contributed by atoms with Gasteiger partial charge in [-0.3, -0.25) is 0 Å². The predicted molar refractivity (Wildman–Crippen MR) is 86.0 cm³/mol. The smallest absolute Gasteiger partial charge is 0.344 e. The minimum Gasteiger partial charge on any atom is -0.423 e. The average molecular weight is 282 g/mol. The Morgan fingerprint density at radius 1 is 1.00 bits per heavy atom. The number of ether oxygens (including phenoxy) is 1. The van der Waals surface area contributed by atoms with Crippen molar-refractivity contribution in [2.24, 2.45) is 0 Å². The SMILES string of the molecule is Cc1cc(C)c(C(=O)Oc2ccccc2)c(C(C)(C)C)c1. The van der Waals surface area contributed by atoms with E-state index in [1.807, 2.05) is 31.2 Å². The molecule has 0 amide bonds. The molecule has 2 aromatic carbocycles. The maximum atomic E-state index is 12.6. The van der Waals surface area contributed by atoms with E-state index < -0.39 is 0 Å². The standard InChI is InChI=1S/C19H22O2/c1-13-11-14(2)17(16(12-13)19(3,4)5)18(20)21-15-9-7-6-8-10-15/h6-12H,1-5H3. The van der Waals surface area contributed by atoms with Crippen LogP contribution in [0, 0.1) is 13.8 Å². The largest absolute Gasteiger partial charge is 0.423 e. The number of esters is 1. The molecule has 0 atom stereocenters. The molecule has 0 spiro atoms. The molecule has 110 valence electrons. The molecule has 2 nitrogen and oxygen atoms in total. The van der Waals surface area contributed by atoms with Crippen LogP contribution >= 0.6 is 0 Å². The van der Waals surface area contributed by atoms with Crippen LogP contribution in [0.3, 0.4) is 0 Å². The van der Waals surface area contributed by atoms with Crippen LogP contribution in [0.25, 0.3) is 0 Å². The first-order chi connectivity index (χ1) is 9.79. The molecular formula is C19H22O2. The first-order valence-electron chi connectivity index (χ1n) is 7.18. The molecule has 0 aliphatic heterocycles. The zero-order valence-corrected chi connectivity index (χ0v) is 13.4. The molecule has 0 heterocycles. The van der Waals surface area contributed by atoms with E-state index in [-0.39, 0.29) is 11.4 Å². The van der Waals surface area contributed by atoms with Gasteiger partial charge in [0.05, 0.1) is 5.56 Å². The van der Waals surface area contributed by atoms with Crippen LogP contribution < -0.4 is 4.74 Å². The zero-order valence-electron chi connectivity index (χ0n) is 13.4. The molecule has 0 aliphatic rings. The monoisotopic (exact) mass is 282 g/mol. The Bertz CT molecular complexity index is 649. The minimum atomic E-state index is -0.288. The minimum absolute atomic E-state index is 0.109. The summed E-state index contributed by atoms with van der Waals surface area (Å²) in [5, 5.41) is 0. The first-order valence-corrected chi connectivity index (χ1v) is 7.18. The predicted octanol–water partition coefficient (Wildman–Crippen LogP) is 4.82. The second-order valence-electron chi connectivity index (χ2n) is 6.46. The molecule has 0 aromatic heterocycles. The van der Waals surface area contributed by atoms with Crippen LogP contribution in [0.1, 0.15) is 47.8 Å². The van der Waals surface area contributed by atoms with Gasteiger partial charge in [-0.2, -0.15) is 0 Å². The van der Waals surface area contributed by atoms with Gasteiger partial charge in [-0.25, -0.2) is 4.79 Å². The Labute approximate surface area is 126 Å². The molecule has 2 heteroatoms. The van der Waals surface area contributed by atoms with Gasteiger partial charge in [-0.05, 0) is 42.5 Å². The Hall–Kier alpha value is -2.09. The number of benzene rings is 2. The summed E-state index contributed by atoms with van der Waals surface area (Å²) in [4.78, 5) is 12.6. The van der Waals surface area contributed by atoms with Gasteiger partial charge in [0.1, 0.15) is 5.75 Å². The van der Waals surface area contributed by atoms with Gasteiger partial charge in [0.2, 0.25) is 0 Å². The summed E-state index contributed by atoms with van der Waals surface area (Å²) in [6.07, 6.45) is 0. The number of carbonyl (C=O) groups excluding carboxylic acids is 1. The van der Waals surface area contributed by atoms with Crippen LogP contribution in [0.2, 0.25) is 0 Å². The van der Waals surface area contributed by atoms with Gasteiger partial charge in [0, 0.05) is 0 Å². The van der Waals surface area contributed by atoms with Gasteiger partial charge >= 0.3 is 5.97 Å². The van der Waals surface area contributed by atoms with Crippen LogP contribution in [-0.2, 0) is 5.41 Å². The zero-order chi connectivity index (χ0) is 15.6. The lowest BCUT2D eigenvalue weighted by Gasteiger charge is -2.24. The van der Waals surface area contributed by atoms with Gasteiger partial charge in [0.15, 0.2) is 0 Å². The summed E-state index contributed by atoms with van der Waals surface area (Å²) in [6, 6.07) is 13.3. The Kier molecular flexibility index (Phi) is 4.17. The van der Waals surface area contributed by atoms with Crippen LogP contribution in [0.5, 0.6) is 5.75 Å². The maximum absolute atomic E-state index is 12.6. The van der Waals surface area contributed by atoms with Crippen LogP contribution in [0.4, 0.5) is 0 Å². The van der Waals surface area contributed by atoms with E-state index in [0.29, 0.717) is 11.3 Å². The molecule has 2 aromatic rings. The van der Waals surface area contributed by atoms with Crippen molar-refractivity contribution in [1.82, 2.24) is 0 Å². The first kappa shape index (κ1) is 15.3. The molecule has 0 N–H and O–H groups in total. The fourth-order valence-electron chi connectivity index (χ4n) is 2.48. The number of aryl methyl sites for hydroxylation is 2. The van der Waals surface area contributed by atoms with Gasteiger partial charge in [-0.1, -0.05) is 56.7 Å². The van der Waals surface area contributed by atoms with Crippen molar-refractivity contribution in [3.63, 3.8) is 0 Å². The molecule has 0 aliphatic carbocycles. The Balaban J connectivity index is 2.45. The third kappa shape index (κ3) is 3.52. The second kappa shape index (κ2) is 5.72. The van der Waals surface area contributed by atoms with E-state index >= 15 is 0 Å². The quantitative estimate of drug-likeness (QED) is 0.583. The van der Waals surface area contributed by atoms with E-state index in [1.165, 1.54) is 0 Å². The second-order valence-corrected chi connectivity index (χ2v) is 6.46. The molecule has 0 saturated carbocycles. The van der Waals surface area contributed by atoms with E-state index in [2.05, 4.69) is 33.8 Å². The maximum Gasteiger partial charge on any atom is 0.344 e. The molecule has 0 unspecified atom stereocenters. The van der Waals surface area contributed by atoms with Crippen LogP contribution in [0.15, 0.2) is 42.5 Å². The van der Waals surface area contributed by atoms with Crippen molar-refractivity contribution in [1.29, 1.82) is 0 Å². The number of carbonyl (C=O) groups is 1. The number of para-hydroxylation sites is 1. The molecule has 2 rings (SSSR count). The molecule has 21 heavy (non-hydrogen) atoms. The van der Waals surface area contributed by atoms with Crippen molar-refractivity contribution in [2.75, 3.05) is 0 Å². The van der Waals surface area contributed by atoms with E-state index in [9.17, 15) is 4.79 Å². The highest BCUT2D eigenvalue weighted by atomic mass is 16.5.